The molecule has 0 spiro atoms. The molecule has 0 aliphatic carbocycles. The molecule has 0 aromatic carbocycles. The molecule has 3 N–H and O–H groups in total. The Balaban J connectivity index is 2.76. The van der Waals surface area contributed by atoms with E-state index in [1.807, 2.05) is 0 Å². The van der Waals surface area contributed by atoms with Crippen LogP contribution in [0.25, 0.3) is 0 Å². The smallest absolute Gasteiger partial charge is 0.318 e. The lowest BCUT2D eigenvalue weighted by Crippen LogP contribution is -2.50. The average molecular weight is 242 g/mol. The molecule has 96 valence electrons. The fraction of sp³-hybridized carbons (Fsp3) is 0.727. The van der Waals surface area contributed by atoms with Crippen molar-refractivity contribution in [1.29, 1.82) is 0 Å². The molecule has 0 bridgehead atoms. The Morgan fingerprint density at radius 2 is 1.94 bits per heavy atom. The molecule has 6 nitrogen and oxygen atoms in total. The fourth-order valence-electron chi connectivity index (χ4n) is 1.88. The maximum atomic E-state index is 12.0. The molecular formula is C11H18N2O4. The molecule has 1 atom stereocenters. The summed E-state index contributed by atoms with van der Waals surface area (Å²) in [6, 6.07) is 0. The summed E-state index contributed by atoms with van der Waals surface area (Å²) in [6.45, 7) is 3.45. The van der Waals surface area contributed by atoms with Crippen molar-refractivity contribution in [2.45, 2.75) is 26.7 Å². The highest BCUT2D eigenvalue weighted by Gasteiger charge is 2.41. The first-order chi connectivity index (χ1) is 7.76. The number of rotatable bonds is 3. The monoisotopic (exact) mass is 242 g/mol. The first kappa shape index (κ1) is 13.5. The van der Waals surface area contributed by atoms with Gasteiger partial charge in [-0.3, -0.25) is 14.4 Å². The van der Waals surface area contributed by atoms with Gasteiger partial charge in [-0.2, -0.15) is 0 Å². The summed E-state index contributed by atoms with van der Waals surface area (Å²) in [5.41, 5.74) is 3.75. The molecule has 1 aliphatic rings. The first-order valence-electron chi connectivity index (χ1n) is 5.59. The van der Waals surface area contributed by atoms with Crippen molar-refractivity contribution in [2.24, 2.45) is 17.1 Å². The number of amides is 2. The topological polar surface area (TPSA) is 101 Å². The first-order valence-corrected chi connectivity index (χ1v) is 5.59. The summed E-state index contributed by atoms with van der Waals surface area (Å²) >= 11 is 0. The highest BCUT2D eigenvalue weighted by Crippen LogP contribution is 2.24. The molecule has 1 heterocycles. The largest absolute Gasteiger partial charge is 0.480 e. The third-order valence-electron chi connectivity index (χ3n) is 3.18. The van der Waals surface area contributed by atoms with Gasteiger partial charge >= 0.3 is 5.97 Å². The SMILES string of the molecule is CC(C)(C(=O)O)C(=O)N1CCCC(C(N)=O)C1. The predicted molar refractivity (Wildman–Crippen MR) is 59.9 cm³/mol. The predicted octanol–water partition coefficient (Wildman–Crippen LogP) is -0.179. The molecule has 0 aromatic heterocycles. The van der Waals surface area contributed by atoms with E-state index in [2.05, 4.69) is 0 Å². The summed E-state index contributed by atoms with van der Waals surface area (Å²) in [5.74, 6) is -2.42. The van der Waals surface area contributed by atoms with Crippen LogP contribution in [0.2, 0.25) is 0 Å². The van der Waals surface area contributed by atoms with Crippen molar-refractivity contribution in [3.8, 4) is 0 Å². The second kappa shape index (κ2) is 4.73. The van der Waals surface area contributed by atoms with Gasteiger partial charge < -0.3 is 15.7 Å². The van der Waals surface area contributed by atoms with E-state index >= 15 is 0 Å². The molecule has 1 rings (SSSR count). The maximum absolute atomic E-state index is 12.0. The van der Waals surface area contributed by atoms with Gasteiger partial charge in [-0.05, 0) is 26.7 Å². The van der Waals surface area contributed by atoms with E-state index in [4.69, 9.17) is 10.8 Å². The Kier molecular flexibility index (Phi) is 3.75. The van der Waals surface area contributed by atoms with Crippen LogP contribution < -0.4 is 5.73 Å². The number of nitrogens with zero attached hydrogens (tertiary/aromatic N) is 1. The van der Waals surface area contributed by atoms with Crippen molar-refractivity contribution >= 4 is 17.8 Å². The average Bonchev–Trinajstić information content (AvgIpc) is 2.27. The summed E-state index contributed by atoms with van der Waals surface area (Å²) in [7, 11) is 0. The van der Waals surface area contributed by atoms with E-state index in [0.717, 1.165) is 0 Å². The Morgan fingerprint density at radius 3 is 2.41 bits per heavy atom. The standard InChI is InChI=1S/C11H18N2O4/c1-11(2,10(16)17)9(15)13-5-3-4-7(6-13)8(12)14/h7H,3-6H2,1-2H3,(H2,12,14)(H,16,17). The molecule has 1 saturated heterocycles. The van der Waals surface area contributed by atoms with Crippen LogP contribution >= 0.6 is 0 Å². The normalized spacial score (nSPS) is 21.1. The van der Waals surface area contributed by atoms with Gasteiger partial charge in [0.2, 0.25) is 11.8 Å². The summed E-state index contributed by atoms with van der Waals surface area (Å²) in [5, 5.41) is 8.98. The number of hydrogen-bond acceptors (Lipinski definition) is 3. The van der Waals surface area contributed by atoms with E-state index in [1.165, 1.54) is 18.7 Å². The molecule has 17 heavy (non-hydrogen) atoms. The van der Waals surface area contributed by atoms with Crippen molar-refractivity contribution in [2.75, 3.05) is 13.1 Å². The number of aliphatic carboxylic acids is 1. The highest BCUT2D eigenvalue weighted by atomic mass is 16.4. The van der Waals surface area contributed by atoms with Crippen LogP contribution in [0.15, 0.2) is 0 Å². The molecule has 2 amide bonds. The minimum Gasteiger partial charge on any atom is -0.480 e. The van der Waals surface area contributed by atoms with Gasteiger partial charge in [0, 0.05) is 13.1 Å². The molecule has 1 aliphatic heterocycles. The maximum Gasteiger partial charge on any atom is 0.318 e. The summed E-state index contributed by atoms with van der Waals surface area (Å²) < 4.78 is 0. The van der Waals surface area contributed by atoms with Gasteiger partial charge in [-0.1, -0.05) is 0 Å². The van der Waals surface area contributed by atoms with Crippen LogP contribution in [0, 0.1) is 11.3 Å². The Bertz CT molecular complexity index is 351. The molecule has 1 unspecified atom stereocenters. The highest BCUT2D eigenvalue weighted by molar-refractivity contribution is 6.01. The van der Waals surface area contributed by atoms with Crippen molar-refractivity contribution in [3.63, 3.8) is 0 Å². The lowest BCUT2D eigenvalue weighted by Gasteiger charge is -2.35. The molecular weight excluding hydrogens is 224 g/mol. The minimum atomic E-state index is -1.46. The third kappa shape index (κ3) is 2.75. The zero-order valence-corrected chi connectivity index (χ0v) is 10.1. The number of piperidine rings is 1. The van der Waals surface area contributed by atoms with Gasteiger partial charge in [0.05, 0.1) is 5.92 Å². The van der Waals surface area contributed by atoms with E-state index in [0.29, 0.717) is 19.4 Å². The number of primary amides is 1. The number of carboxylic acid groups (broad SMARTS) is 1. The Labute approximate surface area is 99.8 Å². The Hall–Kier alpha value is -1.59. The van der Waals surface area contributed by atoms with Gasteiger partial charge in [-0.15, -0.1) is 0 Å². The summed E-state index contributed by atoms with van der Waals surface area (Å²) in [4.78, 5) is 35.5. The number of hydrogen-bond donors (Lipinski definition) is 2. The van der Waals surface area contributed by atoms with Crippen LogP contribution in [0.3, 0.4) is 0 Å². The van der Waals surface area contributed by atoms with Gasteiger partial charge in [0.1, 0.15) is 5.41 Å². The van der Waals surface area contributed by atoms with E-state index in [9.17, 15) is 14.4 Å². The van der Waals surface area contributed by atoms with E-state index in [1.54, 1.807) is 0 Å². The number of carboxylic acids is 1. The van der Waals surface area contributed by atoms with E-state index < -0.39 is 23.2 Å². The fourth-order valence-corrected chi connectivity index (χ4v) is 1.88. The zero-order chi connectivity index (χ0) is 13.2. The lowest BCUT2D eigenvalue weighted by atomic mass is 9.89. The molecule has 6 heteroatoms. The molecule has 1 fully saturated rings. The number of nitrogens with two attached hydrogens (primary N) is 1. The quantitative estimate of drug-likeness (QED) is 0.670. The number of carbonyl (C=O) groups is 3. The molecule has 0 saturated carbocycles. The number of likely N-dealkylation sites (tertiary alicyclic amines) is 1. The zero-order valence-electron chi connectivity index (χ0n) is 10.1. The van der Waals surface area contributed by atoms with Crippen LogP contribution in [0.5, 0.6) is 0 Å². The van der Waals surface area contributed by atoms with Crippen LogP contribution in [0.4, 0.5) is 0 Å². The van der Waals surface area contributed by atoms with Crippen molar-refractivity contribution < 1.29 is 19.5 Å². The molecule has 0 radical (unpaired) electrons. The van der Waals surface area contributed by atoms with Crippen molar-refractivity contribution in [1.82, 2.24) is 4.90 Å². The second-order valence-corrected chi connectivity index (χ2v) is 4.92. The Morgan fingerprint density at radius 1 is 1.35 bits per heavy atom. The third-order valence-corrected chi connectivity index (χ3v) is 3.18. The number of carbonyl (C=O) groups excluding carboxylic acids is 2. The second-order valence-electron chi connectivity index (χ2n) is 4.92. The van der Waals surface area contributed by atoms with Crippen LogP contribution in [-0.2, 0) is 14.4 Å². The van der Waals surface area contributed by atoms with Gasteiger partial charge in [-0.25, -0.2) is 0 Å². The van der Waals surface area contributed by atoms with Gasteiger partial charge in [0.25, 0.3) is 0 Å². The lowest BCUT2D eigenvalue weighted by molar-refractivity contribution is -0.159. The van der Waals surface area contributed by atoms with Crippen LogP contribution in [0.1, 0.15) is 26.7 Å². The van der Waals surface area contributed by atoms with Crippen molar-refractivity contribution in [3.05, 3.63) is 0 Å². The summed E-state index contributed by atoms with van der Waals surface area (Å²) in [6.07, 6.45) is 1.33. The van der Waals surface area contributed by atoms with Crippen LogP contribution in [-0.4, -0.2) is 40.9 Å². The minimum absolute atomic E-state index is 0.227. The van der Waals surface area contributed by atoms with Gasteiger partial charge in [0.15, 0.2) is 0 Å². The van der Waals surface area contributed by atoms with E-state index in [-0.39, 0.29) is 12.5 Å². The molecule has 0 aromatic rings.